The van der Waals surface area contributed by atoms with Crippen LogP contribution in [0.25, 0.3) is 0 Å². The van der Waals surface area contributed by atoms with Gasteiger partial charge in [-0.2, -0.15) is 0 Å². The largest absolute Gasteiger partial charge is 0.444 e. The Kier molecular flexibility index (Phi) is 1.79. The van der Waals surface area contributed by atoms with Crippen LogP contribution in [0.2, 0.25) is 0 Å². The van der Waals surface area contributed by atoms with Crippen LogP contribution in [-0.4, -0.2) is 29.2 Å². The quantitative estimate of drug-likeness (QED) is 0.575. The number of amides is 1. The standard InChI is InChI=1S/C10H17NO2/c1-10(2,3)13-9(12)11-5-4-7-6-8(7)11/h7-8H,4-6H2,1-3H3/t7-,8-/m1/s1. The first-order valence-electron chi connectivity index (χ1n) is 4.97. The predicted molar refractivity (Wildman–Crippen MR) is 49.5 cm³/mol. The molecule has 1 aliphatic carbocycles. The minimum Gasteiger partial charge on any atom is -0.444 e. The zero-order chi connectivity index (χ0) is 9.64. The fourth-order valence-corrected chi connectivity index (χ4v) is 1.94. The fourth-order valence-electron chi connectivity index (χ4n) is 1.94. The molecule has 2 fully saturated rings. The van der Waals surface area contributed by atoms with Crippen LogP contribution in [0.3, 0.4) is 0 Å². The Morgan fingerprint density at radius 1 is 1.46 bits per heavy atom. The highest BCUT2D eigenvalue weighted by molar-refractivity contribution is 5.69. The number of likely N-dealkylation sites (tertiary alicyclic amines) is 1. The molecule has 1 aliphatic heterocycles. The minimum absolute atomic E-state index is 0.127. The molecule has 3 nitrogen and oxygen atoms in total. The van der Waals surface area contributed by atoms with Crippen molar-refractivity contribution in [2.45, 2.75) is 45.3 Å². The van der Waals surface area contributed by atoms with Crippen molar-refractivity contribution in [1.82, 2.24) is 4.90 Å². The second kappa shape index (κ2) is 2.63. The van der Waals surface area contributed by atoms with Crippen LogP contribution in [0.15, 0.2) is 0 Å². The van der Waals surface area contributed by atoms with Crippen molar-refractivity contribution < 1.29 is 9.53 Å². The Morgan fingerprint density at radius 2 is 2.15 bits per heavy atom. The number of carbonyl (C=O) groups excluding carboxylic acids is 1. The molecule has 0 bridgehead atoms. The number of carbonyl (C=O) groups is 1. The lowest BCUT2D eigenvalue weighted by Gasteiger charge is -2.25. The number of piperidine rings is 1. The van der Waals surface area contributed by atoms with Crippen molar-refractivity contribution in [3.8, 4) is 0 Å². The van der Waals surface area contributed by atoms with Gasteiger partial charge < -0.3 is 9.64 Å². The van der Waals surface area contributed by atoms with E-state index < -0.39 is 0 Å². The van der Waals surface area contributed by atoms with Crippen molar-refractivity contribution in [3.05, 3.63) is 0 Å². The van der Waals surface area contributed by atoms with E-state index in [2.05, 4.69) is 0 Å². The lowest BCUT2D eigenvalue weighted by Crippen LogP contribution is -2.36. The number of ether oxygens (including phenoxy) is 1. The van der Waals surface area contributed by atoms with E-state index in [4.69, 9.17) is 4.74 Å². The van der Waals surface area contributed by atoms with Gasteiger partial charge in [-0.05, 0) is 39.5 Å². The number of rotatable bonds is 0. The molecule has 2 rings (SSSR count). The van der Waals surface area contributed by atoms with E-state index in [-0.39, 0.29) is 11.7 Å². The zero-order valence-corrected chi connectivity index (χ0v) is 8.54. The first-order chi connectivity index (χ1) is 5.97. The van der Waals surface area contributed by atoms with E-state index in [1.165, 1.54) is 12.8 Å². The summed E-state index contributed by atoms with van der Waals surface area (Å²) in [5.74, 6) is 0.785. The summed E-state index contributed by atoms with van der Waals surface area (Å²) in [5, 5.41) is 0. The molecule has 2 atom stereocenters. The van der Waals surface area contributed by atoms with Gasteiger partial charge in [-0.15, -0.1) is 0 Å². The van der Waals surface area contributed by atoms with Gasteiger partial charge in [0.1, 0.15) is 5.60 Å². The maximum Gasteiger partial charge on any atom is 0.410 e. The van der Waals surface area contributed by atoms with Crippen LogP contribution in [0.1, 0.15) is 33.6 Å². The molecule has 74 valence electrons. The third kappa shape index (κ3) is 1.79. The summed E-state index contributed by atoms with van der Waals surface area (Å²) in [4.78, 5) is 13.5. The summed E-state index contributed by atoms with van der Waals surface area (Å²) in [7, 11) is 0. The van der Waals surface area contributed by atoms with Gasteiger partial charge in [0, 0.05) is 12.6 Å². The molecular weight excluding hydrogens is 166 g/mol. The summed E-state index contributed by atoms with van der Waals surface area (Å²) in [6.45, 7) is 6.62. The SMILES string of the molecule is CC(C)(C)OC(=O)N1CC[C@@H]2C[C@H]21. The molecule has 0 spiro atoms. The average molecular weight is 183 g/mol. The van der Waals surface area contributed by atoms with Gasteiger partial charge in [-0.1, -0.05) is 0 Å². The Hall–Kier alpha value is -0.730. The van der Waals surface area contributed by atoms with Gasteiger partial charge in [-0.3, -0.25) is 0 Å². The minimum atomic E-state index is -0.357. The summed E-state index contributed by atoms with van der Waals surface area (Å²) in [5.41, 5.74) is -0.357. The summed E-state index contributed by atoms with van der Waals surface area (Å²) < 4.78 is 5.31. The van der Waals surface area contributed by atoms with Gasteiger partial charge in [-0.25, -0.2) is 4.79 Å². The number of fused-ring (bicyclic) bond motifs is 1. The molecule has 1 amide bonds. The third-order valence-electron chi connectivity index (χ3n) is 2.65. The Morgan fingerprint density at radius 3 is 2.54 bits per heavy atom. The maximum atomic E-state index is 11.6. The highest BCUT2D eigenvalue weighted by Gasteiger charge is 2.49. The third-order valence-corrected chi connectivity index (χ3v) is 2.65. The predicted octanol–water partition coefficient (Wildman–Crippen LogP) is 2.02. The molecule has 3 heteroatoms. The molecule has 0 aromatic carbocycles. The molecule has 0 radical (unpaired) electrons. The molecule has 0 N–H and O–H groups in total. The Labute approximate surface area is 79.0 Å². The number of nitrogens with zero attached hydrogens (tertiary/aromatic N) is 1. The topological polar surface area (TPSA) is 29.5 Å². The Bertz CT molecular complexity index is 232. The molecule has 0 unspecified atom stereocenters. The van der Waals surface area contributed by atoms with Crippen LogP contribution >= 0.6 is 0 Å². The van der Waals surface area contributed by atoms with Crippen molar-refractivity contribution in [3.63, 3.8) is 0 Å². The molecular formula is C10H17NO2. The van der Waals surface area contributed by atoms with Crippen molar-refractivity contribution in [2.75, 3.05) is 6.54 Å². The second-order valence-corrected chi connectivity index (χ2v) is 5.03. The van der Waals surface area contributed by atoms with Crippen LogP contribution in [0.4, 0.5) is 4.79 Å². The first kappa shape index (κ1) is 8.85. The van der Waals surface area contributed by atoms with Crippen LogP contribution in [0.5, 0.6) is 0 Å². The molecule has 1 saturated carbocycles. The lowest BCUT2D eigenvalue weighted by molar-refractivity contribution is 0.0264. The summed E-state index contributed by atoms with van der Waals surface area (Å²) >= 11 is 0. The number of hydrogen-bond acceptors (Lipinski definition) is 2. The van der Waals surface area contributed by atoms with Gasteiger partial charge in [0.25, 0.3) is 0 Å². The molecule has 1 saturated heterocycles. The first-order valence-corrected chi connectivity index (χ1v) is 4.97. The van der Waals surface area contributed by atoms with Crippen molar-refractivity contribution in [2.24, 2.45) is 5.92 Å². The summed E-state index contributed by atoms with van der Waals surface area (Å²) in [6.07, 6.45) is 2.24. The fraction of sp³-hybridized carbons (Fsp3) is 0.900. The van der Waals surface area contributed by atoms with Gasteiger partial charge in [0.15, 0.2) is 0 Å². The average Bonchev–Trinajstić information content (AvgIpc) is 2.59. The van der Waals surface area contributed by atoms with Crippen molar-refractivity contribution in [1.29, 1.82) is 0 Å². The van der Waals surface area contributed by atoms with Gasteiger partial charge in [0.2, 0.25) is 0 Å². The molecule has 1 heterocycles. The van der Waals surface area contributed by atoms with E-state index in [0.29, 0.717) is 6.04 Å². The second-order valence-electron chi connectivity index (χ2n) is 5.03. The smallest absolute Gasteiger partial charge is 0.410 e. The normalized spacial score (nSPS) is 31.5. The highest BCUT2D eigenvalue weighted by atomic mass is 16.6. The van der Waals surface area contributed by atoms with E-state index in [1.807, 2.05) is 25.7 Å². The zero-order valence-electron chi connectivity index (χ0n) is 8.54. The van der Waals surface area contributed by atoms with Crippen LogP contribution in [-0.2, 0) is 4.74 Å². The number of hydrogen-bond donors (Lipinski definition) is 0. The molecule has 13 heavy (non-hydrogen) atoms. The maximum absolute atomic E-state index is 11.6. The lowest BCUT2D eigenvalue weighted by atomic mass is 10.2. The van der Waals surface area contributed by atoms with E-state index >= 15 is 0 Å². The molecule has 0 aromatic heterocycles. The van der Waals surface area contributed by atoms with E-state index in [1.54, 1.807) is 0 Å². The molecule has 2 aliphatic rings. The van der Waals surface area contributed by atoms with Crippen LogP contribution in [0, 0.1) is 5.92 Å². The van der Waals surface area contributed by atoms with E-state index in [0.717, 1.165) is 12.5 Å². The van der Waals surface area contributed by atoms with Gasteiger partial charge in [0.05, 0.1) is 0 Å². The van der Waals surface area contributed by atoms with Gasteiger partial charge >= 0.3 is 6.09 Å². The van der Waals surface area contributed by atoms with E-state index in [9.17, 15) is 4.79 Å². The van der Waals surface area contributed by atoms with Crippen LogP contribution < -0.4 is 0 Å². The monoisotopic (exact) mass is 183 g/mol. The Balaban J connectivity index is 1.90. The van der Waals surface area contributed by atoms with Crippen molar-refractivity contribution >= 4 is 6.09 Å². The summed E-state index contributed by atoms with van der Waals surface area (Å²) in [6, 6.07) is 0.509. The molecule has 0 aromatic rings. The highest BCUT2D eigenvalue weighted by Crippen LogP contribution is 2.44.